The molecule has 0 aromatic heterocycles. The number of rotatable bonds is 6. The molecule has 1 aromatic rings. The summed E-state index contributed by atoms with van der Waals surface area (Å²) in [6, 6.07) is 8.45. The third-order valence-corrected chi connectivity index (χ3v) is 4.06. The van der Waals surface area contributed by atoms with Gasteiger partial charge in [-0.15, -0.1) is 11.8 Å². The Bertz CT molecular complexity index is 488. The second kappa shape index (κ2) is 6.64. The van der Waals surface area contributed by atoms with Gasteiger partial charge in [-0.2, -0.15) is 13.7 Å². The molecular weight excluding hydrogens is 258 g/mol. The fourth-order valence-corrected chi connectivity index (χ4v) is 2.54. The van der Waals surface area contributed by atoms with Crippen molar-refractivity contribution in [3.8, 4) is 6.07 Å². The van der Waals surface area contributed by atoms with Gasteiger partial charge in [0.15, 0.2) is 0 Å². The van der Waals surface area contributed by atoms with Crippen molar-refractivity contribution < 1.29 is 12.6 Å². The number of nitriles is 1. The maximum absolute atomic E-state index is 11.7. The molecule has 4 nitrogen and oxygen atoms in total. The average Bonchev–Trinajstić information content (AvgIpc) is 2.29. The van der Waals surface area contributed by atoms with Crippen LogP contribution in [-0.4, -0.2) is 26.5 Å². The molecule has 92 valence electrons. The summed E-state index contributed by atoms with van der Waals surface area (Å²) in [5.41, 5.74) is 0.994. The molecule has 0 aliphatic rings. The molecule has 0 atom stereocenters. The monoisotopic (exact) mass is 271 g/mol. The zero-order valence-corrected chi connectivity index (χ0v) is 11.1. The number of aryl methyl sites for hydroxylation is 1. The smallest absolute Gasteiger partial charge is 0.266 e. The van der Waals surface area contributed by atoms with Crippen LogP contribution in [0.4, 0.5) is 0 Å². The van der Waals surface area contributed by atoms with E-state index in [1.165, 1.54) is 23.9 Å². The van der Waals surface area contributed by atoms with Crippen LogP contribution in [0.5, 0.6) is 0 Å². The van der Waals surface area contributed by atoms with Crippen molar-refractivity contribution in [2.45, 2.75) is 11.8 Å². The van der Waals surface area contributed by atoms with E-state index in [0.717, 1.165) is 5.56 Å². The summed E-state index contributed by atoms with van der Waals surface area (Å²) in [5, 5.41) is 8.30. The van der Waals surface area contributed by atoms with Gasteiger partial charge < -0.3 is 0 Å². The van der Waals surface area contributed by atoms with Crippen LogP contribution in [0.3, 0.4) is 0 Å². The van der Waals surface area contributed by atoms with E-state index in [1.54, 1.807) is 12.1 Å². The highest BCUT2D eigenvalue weighted by atomic mass is 32.2. The maximum Gasteiger partial charge on any atom is 0.296 e. The molecule has 17 heavy (non-hydrogen) atoms. The van der Waals surface area contributed by atoms with E-state index in [1.807, 2.05) is 13.0 Å². The van der Waals surface area contributed by atoms with E-state index in [-0.39, 0.29) is 11.5 Å². The molecule has 0 aliphatic carbocycles. The lowest BCUT2D eigenvalue weighted by atomic mass is 10.2. The minimum Gasteiger partial charge on any atom is -0.266 e. The minimum atomic E-state index is -3.66. The lowest BCUT2D eigenvalue weighted by molar-refractivity contribution is 0.341. The molecule has 0 fully saturated rings. The summed E-state index contributed by atoms with van der Waals surface area (Å²) >= 11 is 1.34. The van der Waals surface area contributed by atoms with Gasteiger partial charge in [0.2, 0.25) is 0 Å². The Balaban J connectivity index is 2.52. The van der Waals surface area contributed by atoms with Gasteiger partial charge in [0, 0.05) is 5.75 Å². The van der Waals surface area contributed by atoms with Gasteiger partial charge in [0.25, 0.3) is 10.1 Å². The van der Waals surface area contributed by atoms with Crippen LogP contribution in [0.2, 0.25) is 0 Å². The predicted octanol–water partition coefficient (Wildman–Crippen LogP) is 1.96. The lowest BCUT2D eigenvalue weighted by Crippen LogP contribution is -2.09. The van der Waals surface area contributed by atoms with Crippen LogP contribution in [-0.2, 0) is 14.3 Å². The van der Waals surface area contributed by atoms with Crippen molar-refractivity contribution in [1.82, 2.24) is 0 Å². The average molecular weight is 271 g/mol. The molecule has 0 N–H and O–H groups in total. The van der Waals surface area contributed by atoms with Crippen molar-refractivity contribution in [3.05, 3.63) is 29.8 Å². The molecule has 1 rings (SSSR count). The summed E-state index contributed by atoms with van der Waals surface area (Å²) in [6.45, 7) is 1.97. The molecule has 0 aliphatic heterocycles. The highest BCUT2D eigenvalue weighted by Gasteiger charge is 2.14. The fourth-order valence-electron chi connectivity index (χ4n) is 1.09. The normalized spacial score (nSPS) is 11.1. The third-order valence-electron chi connectivity index (χ3n) is 1.94. The molecule has 0 saturated heterocycles. The molecule has 0 saturated carbocycles. The first kappa shape index (κ1) is 14.0. The van der Waals surface area contributed by atoms with Gasteiger partial charge >= 0.3 is 0 Å². The van der Waals surface area contributed by atoms with Crippen LogP contribution >= 0.6 is 11.8 Å². The number of benzene rings is 1. The van der Waals surface area contributed by atoms with Crippen LogP contribution in [0, 0.1) is 18.3 Å². The Kier molecular flexibility index (Phi) is 5.48. The number of thioether (sulfide) groups is 1. The summed E-state index contributed by atoms with van der Waals surface area (Å²) in [6.07, 6.45) is 0. The van der Waals surface area contributed by atoms with E-state index in [2.05, 4.69) is 0 Å². The summed E-state index contributed by atoms with van der Waals surface area (Å²) in [4.78, 5) is 0.161. The van der Waals surface area contributed by atoms with Gasteiger partial charge in [0.1, 0.15) is 0 Å². The van der Waals surface area contributed by atoms with Gasteiger partial charge in [0.05, 0.1) is 23.3 Å². The van der Waals surface area contributed by atoms with E-state index < -0.39 is 10.1 Å². The second-order valence-corrected chi connectivity index (χ2v) is 6.02. The highest BCUT2D eigenvalue weighted by Crippen LogP contribution is 2.13. The first-order chi connectivity index (χ1) is 8.06. The predicted molar refractivity (Wildman–Crippen MR) is 67.3 cm³/mol. The molecule has 0 heterocycles. The van der Waals surface area contributed by atoms with Gasteiger partial charge in [-0.25, -0.2) is 0 Å². The van der Waals surface area contributed by atoms with Crippen LogP contribution in [0.25, 0.3) is 0 Å². The molecule has 0 bridgehead atoms. The minimum absolute atomic E-state index is 0.0859. The standard InChI is InChI=1S/C11H13NO3S2/c1-10-2-4-11(5-3-10)17(13,14)15-7-9-16-8-6-12/h2-5H,7-9H2,1H3. The van der Waals surface area contributed by atoms with Gasteiger partial charge in [-0.05, 0) is 19.1 Å². The van der Waals surface area contributed by atoms with E-state index in [0.29, 0.717) is 11.5 Å². The largest absolute Gasteiger partial charge is 0.296 e. The molecule has 6 heteroatoms. The second-order valence-electron chi connectivity index (χ2n) is 3.30. The zero-order chi connectivity index (χ0) is 12.7. The van der Waals surface area contributed by atoms with Crippen molar-refractivity contribution in [3.63, 3.8) is 0 Å². The summed E-state index contributed by atoms with van der Waals surface area (Å²) in [7, 11) is -3.66. The third kappa shape index (κ3) is 4.77. The molecular formula is C11H13NO3S2. The van der Waals surface area contributed by atoms with E-state index >= 15 is 0 Å². The van der Waals surface area contributed by atoms with Crippen LogP contribution in [0.15, 0.2) is 29.2 Å². The van der Waals surface area contributed by atoms with Gasteiger partial charge in [-0.3, -0.25) is 4.18 Å². The first-order valence-corrected chi connectivity index (χ1v) is 7.53. The Morgan fingerprint density at radius 3 is 2.59 bits per heavy atom. The molecule has 0 spiro atoms. The molecule has 0 radical (unpaired) electrons. The quantitative estimate of drug-likeness (QED) is 0.584. The molecule has 1 aromatic carbocycles. The van der Waals surface area contributed by atoms with Crippen molar-refractivity contribution >= 4 is 21.9 Å². The Morgan fingerprint density at radius 2 is 2.00 bits per heavy atom. The highest BCUT2D eigenvalue weighted by molar-refractivity contribution is 7.99. The van der Waals surface area contributed by atoms with Crippen molar-refractivity contribution in [2.75, 3.05) is 18.1 Å². The molecule has 0 amide bonds. The van der Waals surface area contributed by atoms with Crippen molar-refractivity contribution in [2.24, 2.45) is 0 Å². The Labute approximate surface area is 106 Å². The Morgan fingerprint density at radius 1 is 1.35 bits per heavy atom. The Hall–Kier alpha value is -1.03. The number of hydrogen-bond donors (Lipinski definition) is 0. The summed E-state index contributed by atoms with van der Waals surface area (Å²) < 4.78 is 28.2. The number of nitrogens with zero attached hydrogens (tertiary/aromatic N) is 1. The first-order valence-electron chi connectivity index (χ1n) is 4.97. The SMILES string of the molecule is Cc1ccc(S(=O)(=O)OCCSCC#N)cc1. The van der Waals surface area contributed by atoms with Crippen molar-refractivity contribution in [1.29, 1.82) is 5.26 Å². The summed E-state index contributed by atoms with van der Waals surface area (Å²) in [5.74, 6) is 0.826. The van der Waals surface area contributed by atoms with Gasteiger partial charge in [-0.1, -0.05) is 17.7 Å². The lowest BCUT2D eigenvalue weighted by Gasteiger charge is -2.05. The topological polar surface area (TPSA) is 67.2 Å². The van der Waals surface area contributed by atoms with Crippen LogP contribution < -0.4 is 0 Å². The maximum atomic E-state index is 11.7. The number of hydrogen-bond acceptors (Lipinski definition) is 5. The van der Waals surface area contributed by atoms with E-state index in [4.69, 9.17) is 9.44 Å². The van der Waals surface area contributed by atoms with Crippen LogP contribution in [0.1, 0.15) is 5.56 Å². The molecule has 0 unspecified atom stereocenters. The zero-order valence-electron chi connectivity index (χ0n) is 9.42. The van der Waals surface area contributed by atoms with E-state index in [9.17, 15) is 8.42 Å². The fraction of sp³-hybridized carbons (Fsp3) is 0.364.